The maximum Gasteiger partial charge on any atom is 0.194 e. The molecule has 0 amide bonds. The van der Waals surface area contributed by atoms with Crippen molar-refractivity contribution in [3.05, 3.63) is 119 Å². The number of ether oxygens (including phenoxy) is 1. The second kappa shape index (κ2) is 10.6. The third-order valence-electron chi connectivity index (χ3n) is 6.48. The smallest absolute Gasteiger partial charge is 0.194 e. The number of para-hydroxylation sites is 3. The van der Waals surface area contributed by atoms with Gasteiger partial charge in [-0.05, 0) is 65.4 Å². The average Bonchev–Trinajstić information content (AvgIpc) is 3.74. The van der Waals surface area contributed by atoms with Crippen LogP contribution in [0.3, 0.4) is 0 Å². The van der Waals surface area contributed by atoms with Crippen LogP contribution in [0.4, 0.5) is 5.69 Å². The predicted molar refractivity (Wildman–Crippen MR) is 158 cm³/mol. The van der Waals surface area contributed by atoms with Crippen LogP contribution in [-0.4, -0.2) is 32.7 Å². The number of nitrogens with one attached hydrogen (secondary N) is 1. The van der Waals surface area contributed by atoms with Crippen molar-refractivity contribution in [1.82, 2.24) is 14.8 Å². The van der Waals surface area contributed by atoms with E-state index >= 15 is 0 Å². The van der Waals surface area contributed by atoms with Crippen molar-refractivity contribution in [2.24, 2.45) is 5.10 Å². The molecule has 3 heterocycles. The largest absolute Gasteiger partial charge is 0.496 e. The molecule has 1 aliphatic heterocycles. The van der Waals surface area contributed by atoms with Gasteiger partial charge in [0.25, 0.3) is 0 Å². The minimum Gasteiger partial charge on any atom is -0.496 e. The van der Waals surface area contributed by atoms with E-state index in [0.717, 1.165) is 45.2 Å². The molecular weight excluding hydrogens is 510 g/mol. The van der Waals surface area contributed by atoms with Gasteiger partial charge in [-0.1, -0.05) is 48.5 Å². The lowest BCUT2D eigenvalue weighted by Gasteiger charge is -2.25. The Hall–Kier alpha value is -4.27. The summed E-state index contributed by atoms with van der Waals surface area (Å²) in [5.74, 6) is 0.764. The second-order valence-electron chi connectivity index (χ2n) is 8.83. The normalized spacial score (nSPS) is 14.8. The van der Waals surface area contributed by atoms with E-state index in [1.54, 1.807) is 18.4 Å². The van der Waals surface area contributed by atoms with Gasteiger partial charge in [0.1, 0.15) is 11.4 Å². The fourth-order valence-electron chi connectivity index (χ4n) is 4.64. The molecule has 38 heavy (non-hydrogen) atoms. The molecule has 0 bridgehead atoms. The molecule has 2 aromatic heterocycles. The first-order valence-electron chi connectivity index (χ1n) is 12.2. The van der Waals surface area contributed by atoms with E-state index in [4.69, 9.17) is 27.2 Å². The lowest BCUT2D eigenvalue weighted by molar-refractivity contribution is 0.376. The van der Waals surface area contributed by atoms with Crippen LogP contribution in [0.1, 0.15) is 23.6 Å². The van der Waals surface area contributed by atoms with Crippen LogP contribution in [0.5, 0.6) is 5.75 Å². The van der Waals surface area contributed by atoms with Gasteiger partial charge in [0.15, 0.2) is 5.11 Å². The Morgan fingerprint density at radius 1 is 0.974 bits per heavy atom. The topological polar surface area (TPSA) is 54.7 Å². The van der Waals surface area contributed by atoms with Crippen LogP contribution in [0.25, 0.3) is 16.9 Å². The lowest BCUT2D eigenvalue weighted by atomic mass is 9.97. The fraction of sp³-hybridized carbons (Fsp3) is 0.100. The van der Waals surface area contributed by atoms with Crippen LogP contribution < -0.4 is 10.1 Å². The van der Waals surface area contributed by atoms with Gasteiger partial charge in [0.05, 0.1) is 24.6 Å². The number of anilines is 1. The van der Waals surface area contributed by atoms with Crippen LogP contribution in [0.2, 0.25) is 0 Å². The first-order valence-corrected chi connectivity index (χ1v) is 13.6. The zero-order chi connectivity index (χ0) is 25.9. The summed E-state index contributed by atoms with van der Waals surface area (Å²) >= 11 is 7.58. The molecule has 1 aliphatic rings. The van der Waals surface area contributed by atoms with Crippen molar-refractivity contribution < 1.29 is 4.74 Å². The number of thiophene rings is 1. The van der Waals surface area contributed by atoms with Gasteiger partial charge < -0.3 is 10.1 Å². The third-order valence-corrected chi connectivity index (χ3v) is 7.45. The summed E-state index contributed by atoms with van der Waals surface area (Å²) < 4.78 is 7.66. The van der Waals surface area contributed by atoms with E-state index in [1.807, 2.05) is 94.6 Å². The zero-order valence-corrected chi connectivity index (χ0v) is 22.3. The van der Waals surface area contributed by atoms with Crippen molar-refractivity contribution >= 4 is 40.1 Å². The van der Waals surface area contributed by atoms with E-state index in [0.29, 0.717) is 11.5 Å². The van der Waals surface area contributed by atoms with Gasteiger partial charge in [0, 0.05) is 35.0 Å². The monoisotopic (exact) mass is 535 g/mol. The molecule has 0 saturated carbocycles. The highest BCUT2D eigenvalue weighted by Crippen LogP contribution is 2.41. The van der Waals surface area contributed by atoms with E-state index in [9.17, 15) is 0 Å². The van der Waals surface area contributed by atoms with Gasteiger partial charge in [-0.3, -0.25) is 0 Å². The van der Waals surface area contributed by atoms with Crippen molar-refractivity contribution in [2.45, 2.75) is 12.5 Å². The average molecular weight is 536 g/mol. The van der Waals surface area contributed by atoms with Gasteiger partial charge in [-0.15, -0.1) is 0 Å². The van der Waals surface area contributed by atoms with E-state index in [1.165, 1.54) is 0 Å². The quantitative estimate of drug-likeness (QED) is 0.234. The minimum atomic E-state index is -0.161. The van der Waals surface area contributed by atoms with Crippen molar-refractivity contribution in [2.75, 3.05) is 12.4 Å². The van der Waals surface area contributed by atoms with Gasteiger partial charge in [0.2, 0.25) is 0 Å². The summed E-state index contributed by atoms with van der Waals surface area (Å²) in [5, 5.41) is 20.1. The molecule has 1 atom stereocenters. The Morgan fingerprint density at radius 3 is 2.45 bits per heavy atom. The molecule has 6 nitrogen and oxygen atoms in total. The molecule has 0 aliphatic carbocycles. The number of hydrogen-bond donors (Lipinski definition) is 1. The van der Waals surface area contributed by atoms with Crippen LogP contribution >= 0.6 is 23.6 Å². The lowest BCUT2D eigenvalue weighted by Crippen LogP contribution is -2.31. The Bertz CT molecular complexity index is 1580. The molecule has 0 radical (unpaired) electrons. The van der Waals surface area contributed by atoms with Gasteiger partial charge in [-0.2, -0.15) is 21.5 Å². The highest BCUT2D eigenvalue weighted by atomic mass is 32.1. The van der Waals surface area contributed by atoms with E-state index in [2.05, 4.69) is 28.3 Å². The molecule has 3 aromatic carbocycles. The maximum atomic E-state index is 5.92. The summed E-state index contributed by atoms with van der Waals surface area (Å²) in [6, 6.07) is 30.0. The van der Waals surface area contributed by atoms with Crippen LogP contribution in [-0.2, 0) is 0 Å². The Kier molecular flexibility index (Phi) is 6.73. The number of methoxy groups -OCH3 is 1. The Labute approximate surface area is 230 Å². The number of rotatable bonds is 6. The molecule has 0 fully saturated rings. The first kappa shape index (κ1) is 24.1. The summed E-state index contributed by atoms with van der Waals surface area (Å²) in [4.78, 5) is 0. The Balaban J connectivity index is 1.47. The molecular formula is C30H25N5OS2. The van der Waals surface area contributed by atoms with Gasteiger partial charge in [-0.25, -0.2) is 9.69 Å². The third kappa shape index (κ3) is 4.71. The maximum absolute atomic E-state index is 5.92. The summed E-state index contributed by atoms with van der Waals surface area (Å²) in [6.07, 6.45) is 2.78. The molecule has 8 heteroatoms. The zero-order valence-electron chi connectivity index (χ0n) is 20.7. The molecule has 0 saturated heterocycles. The highest BCUT2D eigenvalue weighted by molar-refractivity contribution is 7.80. The summed E-state index contributed by atoms with van der Waals surface area (Å²) in [7, 11) is 1.69. The summed E-state index contributed by atoms with van der Waals surface area (Å²) in [5.41, 5.74) is 6.77. The van der Waals surface area contributed by atoms with Crippen molar-refractivity contribution in [3.63, 3.8) is 0 Å². The molecule has 1 N–H and O–H groups in total. The molecule has 6 rings (SSSR count). The standard InChI is InChI=1S/C30H25N5OS2/c1-36-28-15-9-8-14-24(28)29-25(19-34(33-29)23-12-6-3-7-13-23)27-18-26(21-16-17-38-20-21)32-35(27)30(37)31-22-10-4-2-5-11-22/h2-17,19-20,27H,18H2,1H3,(H,31,37)/t27-/m1/s1. The highest BCUT2D eigenvalue weighted by Gasteiger charge is 2.35. The number of hydrogen-bond acceptors (Lipinski definition) is 5. The number of nitrogens with zero attached hydrogens (tertiary/aromatic N) is 4. The SMILES string of the molecule is COc1ccccc1-c1nn(-c2ccccc2)cc1[C@H]1CC(c2ccsc2)=NN1C(=S)Nc1ccccc1. The summed E-state index contributed by atoms with van der Waals surface area (Å²) in [6.45, 7) is 0. The Morgan fingerprint density at radius 2 is 1.71 bits per heavy atom. The van der Waals surface area contributed by atoms with Crippen LogP contribution in [0.15, 0.2) is 113 Å². The molecule has 0 spiro atoms. The number of benzene rings is 3. The first-order chi connectivity index (χ1) is 18.7. The molecule has 5 aromatic rings. The van der Waals surface area contributed by atoms with Crippen molar-refractivity contribution in [3.8, 4) is 22.7 Å². The van der Waals surface area contributed by atoms with Crippen LogP contribution in [0, 0.1) is 0 Å². The molecule has 0 unspecified atom stereocenters. The fourth-order valence-corrected chi connectivity index (χ4v) is 5.59. The molecule has 188 valence electrons. The number of aromatic nitrogens is 2. The van der Waals surface area contributed by atoms with Crippen molar-refractivity contribution in [1.29, 1.82) is 0 Å². The van der Waals surface area contributed by atoms with E-state index in [-0.39, 0.29) is 6.04 Å². The predicted octanol–water partition coefficient (Wildman–Crippen LogP) is 7.16. The van der Waals surface area contributed by atoms with Gasteiger partial charge >= 0.3 is 0 Å². The number of hydrazone groups is 1. The number of thiocarbonyl (C=S) groups is 1. The second-order valence-corrected chi connectivity index (χ2v) is 10.00. The van der Waals surface area contributed by atoms with E-state index < -0.39 is 0 Å². The minimum absolute atomic E-state index is 0.161.